The Morgan fingerprint density at radius 3 is 2.55 bits per heavy atom. The molecule has 2 aliphatic heterocycles. The van der Waals surface area contributed by atoms with Crippen molar-refractivity contribution in [3.8, 4) is 34.9 Å². The number of imidazole rings is 2. The first kappa shape index (κ1) is 33.4. The lowest BCUT2D eigenvalue weighted by Gasteiger charge is -2.30. The minimum atomic E-state index is -0.692. The van der Waals surface area contributed by atoms with Gasteiger partial charge in [0.1, 0.15) is 23.4 Å². The van der Waals surface area contributed by atoms with E-state index in [0.717, 1.165) is 71.9 Å². The zero-order valence-electron chi connectivity index (χ0n) is 28.3. The number of ether oxygens (including phenoxy) is 1. The zero-order valence-corrected chi connectivity index (χ0v) is 28.3. The van der Waals surface area contributed by atoms with Crippen molar-refractivity contribution < 1.29 is 14.3 Å². The number of amides is 2. The summed E-state index contributed by atoms with van der Waals surface area (Å²) in [6.07, 6.45) is 6.78. The van der Waals surface area contributed by atoms with Crippen LogP contribution in [0.25, 0.3) is 11.3 Å². The highest BCUT2D eigenvalue weighted by Crippen LogP contribution is 2.35. The molecule has 0 saturated carbocycles. The maximum atomic E-state index is 13.6. The third-order valence-corrected chi connectivity index (χ3v) is 9.09. The number of aromatic nitrogens is 4. The van der Waals surface area contributed by atoms with E-state index in [2.05, 4.69) is 72.4 Å². The van der Waals surface area contributed by atoms with Crippen LogP contribution >= 0.6 is 0 Å². The standard InChI is InChI=1S/C38H42N8O3/c1-25(2)34(44-38(48)49-4)37(47)46-21-11-17-32(46)36-41-24-31(43-36)27-19-18-26(33(22-27)45(3)29-14-6-5-7-15-29)12-8-9-13-28-23-40-35(42-28)30-16-10-20-39-30/h5-7,14-15,18-19,22-25,30,32,34,39H,10-11,16-17,20-21H2,1-4H3,(H,40,42)(H,41,43)(H,44,48)/t30?,32?,34-/m0/s1. The van der Waals surface area contributed by atoms with Crippen molar-refractivity contribution in [2.75, 3.05) is 32.1 Å². The van der Waals surface area contributed by atoms with Crippen LogP contribution in [0.3, 0.4) is 0 Å². The minimum absolute atomic E-state index is 0.106. The van der Waals surface area contributed by atoms with Crippen LogP contribution in [0.15, 0.2) is 60.9 Å². The normalized spacial score (nSPS) is 17.5. The number of alkyl carbamates (subject to hydrolysis) is 1. The van der Waals surface area contributed by atoms with Gasteiger partial charge in [0, 0.05) is 30.4 Å². The molecule has 2 amide bonds. The number of para-hydroxylation sites is 1. The lowest BCUT2D eigenvalue weighted by Crippen LogP contribution is -2.51. The molecule has 2 aliphatic rings. The number of methoxy groups -OCH3 is 1. The molecule has 11 nitrogen and oxygen atoms in total. The Balaban J connectivity index is 1.25. The number of H-pyrrole nitrogens is 2. The van der Waals surface area contributed by atoms with E-state index >= 15 is 0 Å². The Kier molecular flexibility index (Phi) is 10.3. The van der Waals surface area contributed by atoms with Crippen molar-refractivity contribution in [1.29, 1.82) is 0 Å². The Labute approximate surface area is 287 Å². The topological polar surface area (TPSA) is 131 Å². The van der Waals surface area contributed by atoms with Gasteiger partial charge < -0.3 is 35.1 Å². The first-order valence-electron chi connectivity index (χ1n) is 16.8. The molecule has 0 bridgehead atoms. The van der Waals surface area contributed by atoms with Crippen molar-refractivity contribution in [2.24, 2.45) is 5.92 Å². The van der Waals surface area contributed by atoms with Gasteiger partial charge in [-0.1, -0.05) is 44.0 Å². The molecule has 2 fully saturated rings. The number of nitrogens with one attached hydrogen (secondary N) is 4. The summed E-state index contributed by atoms with van der Waals surface area (Å²) >= 11 is 0. The van der Waals surface area contributed by atoms with Crippen molar-refractivity contribution >= 4 is 23.4 Å². The summed E-state index contributed by atoms with van der Waals surface area (Å²) < 4.78 is 4.77. The average Bonchev–Trinajstić information content (AvgIpc) is 3.95. The highest BCUT2D eigenvalue weighted by Gasteiger charge is 2.37. The van der Waals surface area contributed by atoms with Crippen LogP contribution in [-0.2, 0) is 9.53 Å². The molecule has 4 heterocycles. The highest BCUT2D eigenvalue weighted by molar-refractivity contribution is 5.86. The van der Waals surface area contributed by atoms with Gasteiger partial charge in [-0.3, -0.25) is 4.79 Å². The fraction of sp³-hybridized carbons (Fsp3) is 0.368. The number of likely N-dealkylation sites (tertiary alicyclic amines) is 1. The lowest BCUT2D eigenvalue weighted by molar-refractivity contribution is -0.135. The monoisotopic (exact) mass is 658 g/mol. The molecule has 0 radical (unpaired) electrons. The number of carbonyl (C=O) groups excluding carboxylic acids is 2. The van der Waals surface area contributed by atoms with Crippen LogP contribution < -0.4 is 15.5 Å². The van der Waals surface area contributed by atoms with Gasteiger partial charge in [0.15, 0.2) is 0 Å². The number of carbonyl (C=O) groups is 2. The molecule has 11 heteroatoms. The summed E-state index contributed by atoms with van der Waals surface area (Å²) in [5, 5.41) is 6.15. The molecule has 6 rings (SSSR count). The third-order valence-electron chi connectivity index (χ3n) is 9.09. The van der Waals surface area contributed by atoms with E-state index in [1.54, 1.807) is 12.4 Å². The van der Waals surface area contributed by atoms with Crippen molar-refractivity contribution in [3.63, 3.8) is 0 Å². The van der Waals surface area contributed by atoms with Gasteiger partial charge in [0.25, 0.3) is 0 Å². The Bertz CT molecular complexity index is 1900. The molecular formula is C38H42N8O3. The quantitative estimate of drug-likeness (QED) is 0.186. The summed E-state index contributed by atoms with van der Waals surface area (Å²) in [4.78, 5) is 45.5. The predicted molar refractivity (Wildman–Crippen MR) is 189 cm³/mol. The van der Waals surface area contributed by atoms with Crippen molar-refractivity contribution in [1.82, 2.24) is 35.5 Å². The van der Waals surface area contributed by atoms with Crippen LogP contribution in [-0.4, -0.2) is 70.1 Å². The first-order chi connectivity index (χ1) is 23.8. The Morgan fingerprint density at radius 2 is 1.80 bits per heavy atom. The van der Waals surface area contributed by atoms with Gasteiger partial charge in [-0.05, 0) is 80.2 Å². The maximum Gasteiger partial charge on any atom is 0.407 e. The summed E-state index contributed by atoms with van der Waals surface area (Å²) in [5.41, 5.74) is 5.27. The summed E-state index contributed by atoms with van der Waals surface area (Å²) in [5.74, 6) is 13.7. The SMILES string of the molecule is COC(=O)N[C@H](C(=O)N1CCCC1c1ncc(-c2ccc(C#CC#Cc3cnc(C4CCCN4)[nH]3)c(N(C)c3ccccc3)c2)[nH]1)C(C)C. The first-order valence-corrected chi connectivity index (χ1v) is 16.8. The van der Waals surface area contributed by atoms with Gasteiger partial charge in [-0.25, -0.2) is 14.8 Å². The van der Waals surface area contributed by atoms with E-state index in [1.807, 2.05) is 56.1 Å². The maximum absolute atomic E-state index is 13.6. The van der Waals surface area contributed by atoms with Crippen molar-refractivity contribution in [3.05, 3.63) is 83.8 Å². The van der Waals surface area contributed by atoms with Gasteiger partial charge in [0.05, 0.1) is 43.0 Å². The summed E-state index contributed by atoms with van der Waals surface area (Å²) in [7, 11) is 3.31. The molecule has 2 saturated heterocycles. The molecule has 3 atom stereocenters. The molecule has 4 aromatic rings. The molecule has 2 aromatic carbocycles. The molecule has 2 unspecified atom stereocenters. The van der Waals surface area contributed by atoms with E-state index in [-0.39, 0.29) is 23.9 Å². The van der Waals surface area contributed by atoms with E-state index in [0.29, 0.717) is 12.4 Å². The Hall–Kier alpha value is -5.52. The zero-order chi connectivity index (χ0) is 34.3. The Morgan fingerprint density at radius 1 is 1.00 bits per heavy atom. The number of hydrogen-bond donors (Lipinski definition) is 4. The third kappa shape index (κ3) is 7.64. The number of aromatic amines is 2. The highest BCUT2D eigenvalue weighted by atomic mass is 16.5. The van der Waals surface area contributed by atoms with Gasteiger partial charge in [0.2, 0.25) is 5.91 Å². The van der Waals surface area contributed by atoms with Crippen LogP contribution in [0.2, 0.25) is 0 Å². The van der Waals surface area contributed by atoms with Crippen LogP contribution in [0, 0.1) is 29.6 Å². The molecule has 252 valence electrons. The molecule has 2 aromatic heterocycles. The number of anilines is 2. The summed E-state index contributed by atoms with van der Waals surface area (Å²) in [6.45, 7) is 5.41. The van der Waals surface area contributed by atoms with Crippen LogP contribution in [0.4, 0.5) is 16.2 Å². The number of rotatable bonds is 8. The second-order valence-electron chi connectivity index (χ2n) is 12.7. The number of nitrogens with zero attached hydrogens (tertiary/aromatic N) is 4. The lowest BCUT2D eigenvalue weighted by atomic mass is 10.0. The van der Waals surface area contributed by atoms with Crippen LogP contribution in [0.1, 0.15) is 74.5 Å². The van der Waals surface area contributed by atoms with Gasteiger partial charge >= 0.3 is 6.09 Å². The van der Waals surface area contributed by atoms with E-state index < -0.39 is 12.1 Å². The molecule has 4 N–H and O–H groups in total. The van der Waals surface area contributed by atoms with Gasteiger partial charge in [-0.15, -0.1) is 0 Å². The van der Waals surface area contributed by atoms with E-state index in [4.69, 9.17) is 9.72 Å². The van der Waals surface area contributed by atoms with Crippen LogP contribution in [0.5, 0.6) is 0 Å². The number of hydrogen-bond acceptors (Lipinski definition) is 7. The minimum Gasteiger partial charge on any atom is -0.453 e. The molecule has 0 spiro atoms. The predicted octanol–water partition coefficient (Wildman–Crippen LogP) is 5.44. The largest absolute Gasteiger partial charge is 0.453 e. The fourth-order valence-electron chi connectivity index (χ4n) is 6.41. The fourth-order valence-corrected chi connectivity index (χ4v) is 6.41. The van der Waals surface area contributed by atoms with Crippen molar-refractivity contribution in [2.45, 2.75) is 57.7 Å². The molecule has 0 aliphatic carbocycles. The molecule has 49 heavy (non-hydrogen) atoms. The summed E-state index contributed by atoms with van der Waals surface area (Å²) in [6, 6.07) is 15.6. The average molecular weight is 659 g/mol. The number of benzene rings is 2. The van der Waals surface area contributed by atoms with E-state index in [9.17, 15) is 9.59 Å². The second-order valence-corrected chi connectivity index (χ2v) is 12.7. The second kappa shape index (κ2) is 15.1. The smallest absolute Gasteiger partial charge is 0.407 e. The van der Waals surface area contributed by atoms with E-state index in [1.165, 1.54) is 7.11 Å². The molecular weight excluding hydrogens is 616 g/mol. The van der Waals surface area contributed by atoms with Gasteiger partial charge in [-0.2, -0.15) is 0 Å².